The van der Waals surface area contributed by atoms with Crippen LogP contribution in [0.15, 0.2) is 4.42 Å². The first-order valence-corrected chi connectivity index (χ1v) is 7.93. The number of thioether (sulfide) groups is 1. The van der Waals surface area contributed by atoms with Gasteiger partial charge in [0.25, 0.3) is 0 Å². The molecule has 0 spiro atoms. The number of anilines is 1. The molecule has 2 unspecified atom stereocenters. The van der Waals surface area contributed by atoms with Crippen LogP contribution in [0.5, 0.6) is 0 Å². The molecule has 0 bridgehead atoms. The molecule has 0 radical (unpaired) electrons. The van der Waals surface area contributed by atoms with Gasteiger partial charge in [-0.1, -0.05) is 11.5 Å². The molecule has 1 aromatic rings. The molecule has 2 N–H and O–H groups in total. The SMILES string of the molecule is COCCNCc1nnc(NC2CCCC2SC)o1. The van der Waals surface area contributed by atoms with Gasteiger partial charge >= 0.3 is 6.01 Å². The van der Waals surface area contributed by atoms with E-state index < -0.39 is 0 Å². The largest absolute Gasteiger partial charge is 0.407 e. The van der Waals surface area contributed by atoms with Crippen LogP contribution in [0.1, 0.15) is 25.2 Å². The van der Waals surface area contributed by atoms with E-state index in [0.29, 0.717) is 36.3 Å². The van der Waals surface area contributed by atoms with Crippen molar-refractivity contribution in [3.8, 4) is 0 Å². The molecule has 1 aliphatic rings. The van der Waals surface area contributed by atoms with Crippen LogP contribution in [0.4, 0.5) is 6.01 Å². The zero-order valence-electron chi connectivity index (χ0n) is 11.5. The van der Waals surface area contributed by atoms with Gasteiger partial charge in [-0.2, -0.15) is 11.8 Å². The van der Waals surface area contributed by atoms with Crippen LogP contribution < -0.4 is 10.6 Å². The third-order valence-electron chi connectivity index (χ3n) is 3.29. The van der Waals surface area contributed by atoms with Crippen molar-refractivity contribution in [2.75, 3.05) is 31.8 Å². The molecule has 2 atom stereocenters. The lowest BCUT2D eigenvalue weighted by atomic mass is 10.2. The fraction of sp³-hybridized carbons (Fsp3) is 0.833. The van der Waals surface area contributed by atoms with Crippen LogP contribution in [0.3, 0.4) is 0 Å². The standard InChI is InChI=1S/C12H22N4O2S/c1-17-7-6-13-8-11-15-16-12(18-11)14-9-4-3-5-10(9)19-2/h9-10,13H,3-8H2,1-2H3,(H,14,16). The van der Waals surface area contributed by atoms with Crippen molar-refractivity contribution < 1.29 is 9.15 Å². The zero-order valence-corrected chi connectivity index (χ0v) is 12.3. The van der Waals surface area contributed by atoms with Crippen LogP contribution in [0.2, 0.25) is 0 Å². The second-order valence-corrected chi connectivity index (χ2v) is 5.70. The van der Waals surface area contributed by atoms with Gasteiger partial charge in [-0.15, -0.1) is 5.10 Å². The Bertz CT molecular complexity index is 374. The summed E-state index contributed by atoms with van der Waals surface area (Å²) < 4.78 is 10.5. The fourth-order valence-electron chi connectivity index (χ4n) is 2.28. The lowest BCUT2D eigenvalue weighted by Crippen LogP contribution is -2.25. The van der Waals surface area contributed by atoms with E-state index in [1.54, 1.807) is 7.11 Å². The predicted molar refractivity (Wildman–Crippen MR) is 76.4 cm³/mol. The van der Waals surface area contributed by atoms with Crippen LogP contribution in [-0.4, -0.2) is 48.0 Å². The number of hydrogen-bond acceptors (Lipinski definition) is 7. The number of rotatable bonds is 8. The van der Waals surface area contributed by atoms with E-state index in [1.807, 2.05) is 11.8 Å². The van der Waals surface area contributed by atoms with E-state index >= 15 is 0 Å². The summed E-state index contributed by atoms with van der Waals surface area (Å²) in [6.07, 6.45) is 5.86. The summed E-state index contributed by atoms with van der Waals surface area (Å²) in [7, 11) is 1.68. The third-order valence-corrected chi connectivity index (χ3v) is 4.46. The van der Waals surface area contributed by atoms with Crippen molar-refractivity contribution in [2.45, 2.75) is 37.1 Å². The molecule has 2 rings (SSSR count). The topological polar surface area (TPSA) is 72.2 Å². The minimum absolute atomic E-state index is 0.449. The monoisotopic (exact) mass is 286 g/mol. The fourth-order valence-corrected chi connectivity index (χ4v) is 3.22. The van der Waals surface area contributed by atoms with Crippen molar-refractivity contribution >= 4 is 17.8 Å². The number of nitrogens with one attached hydrogen (secondary N) is 2. The molecule has 1 saturated carbocycles. The number of hydrogen-bond donors (Lipinski definition) is 2. The molecule has 1 heterocycles. The minimum atomic E-state index is 0.449. The van der Waals surface area contributed by atoms with E-state index in [2.05, 4.69) is 27.1 Å². The molecule has 6 nitrogen and oxygen atoms in total. The van der Waals surface area contributed by atoms with Crippen molar-refractivity contribution in [2.24, 2.45) is 0 Å². The van der Waals surface area contributed by atoms with E-state index in [0.717, 1.165) is 6.54 Å². The van der Waals surface area contributed by atoms with Gasteiger partial charge in [-0.05, 0) is 19.1 Å². The molecule has 1 aromatic heterocycles. The van der Waals surface area contributed by atoms with Gasteiger partial charge < -0.3 is 19.8 Å². The Hall–Kier alpha value is -0.790. The smallest absolute Gasteiger partial charge is 0.315 e. The lowest BCUT2D eigenvalue weighted by molar-refractivity contribution is 0.198. The molecule has 1 aliphatic carbocycles. The van der Waals surface area contributed by atoms with Gasteiger partial charge in [0.2, 0.25) is 5.89 Å². The summed E-state index contributed by atoms with van der Waals surface area (Å²) in [5.41, 5.74) is 0. The predicted octanol–water partition coefficient (Wildman–Crippen LogP) is 1.50. The van der Waals surface area contributed by atoms with Gasteiger partial charge in [0.1, 0.15) is 0 Å². The molecule has 108 valence electrons. The quantitative estimate of drug-likeness (QED) is 0.702. The van der Waals surface area contributed by atoms with Crippen molar-refractivity contribution in [1.82, 2.24) is 15.5 Å². The normalized spacial score (nSPS) is 22.8. The van der Waals surface area contributed by atoms with Gasteiger partial charge in [-0.3, -0.25) is 0 Å². The number of nitrogens with zero attached hydrogens (tertiary/aromatic N) is 2. The van der Waals surface area contributed by atoms with E-state index in [9.17, 15) is 0 Å². The third kappa shape index (κ3) is 4.36. The van der Waals surface area contributed by atoms with Crippen molar-refractivity contribution in [3.63, 3.8) is 0 Å². The highest BCUT2D eigenvalue weighted by Gasteiger charge is 2.27. The molecule has 1 fully saturated rings. The van der Waals surface area contributed by atoms with Gasteiger partial charge in [0.15, 0.2) is 0 Å². The Labute approximate surface area is 118 Å². The summed E-state index contributed by atoms with van der Waals surface area (Å²) in [6, 6.07) is 0.985. The van der Waals surface area contributed by atoms with Crippen molar-refractivity contribution in [1.29, 1.82) is 0 Å². The lowest BCUT2D eigenvalue weighted by Gasteiger charge is -2.17. The number of aromatic nitrogens is 2. The Balaban J connectivity index is 1.77. The average Bonchev–Trinajstić information content (AvgIpc) is 3.04. The van der Waals surface area contributed by atoms with Crippen molar-refractivity contribution in [3.05, 3.63) is 5.89 Å². The maximum atomic E-state index is 5.57. The molecule has 19 heavy (non-hydrogen) atoms. The highest BCUT2D eigenvalue weighted by atomic mass is 32.2. The Morgan fingerprint density at radius 1 is 1.42 bits per heavy atom. The van der Waals surface area contributed by atoms with E-state index in [4.69, 9.17) is 9.15 Å². The highest BCUT2D eigenvalue weighted by molar-refractivity contribution is 7.99. The molecule has 0 aliphatic heterocycles. The highest BCUT2D eigenvalue weighted by Crippen LogP contribution is 2.30. The molecule has 7 heteroatoms. The van der Waals surface area contributed by atoms with E-state index in [-0.39, 0.29) is 0 Å². The summed E-state index contributed by atoms with van der Waals surface area (Å²) in [5, 5.41) is 15.2. The molecule has 0 amide bonds. The second kappa shape index (κ2) is 7.72. The molecular weight excluding hydrogens is 264 g/mol. The Kier molecular flexibility index (Phi) is 5.93. The van der Waals surface area contributed by atoms with Crippen LogP contribution in [-0.2, 0) is 11.3 Å². The van der Waals surface area contributed by atoms with Gasteiger partial charge in [-0.25, -0.2) is 0 Å². The molecular formula is C12H22N4O2S. The van der Waals surface area contributed by atoms with Crippen LogP contribution >= 0.6 is 11.8 Å². The second-order valence-electron chi connectivity index (χ2n) is 4.63. The first kappa shape index (κ1) is 14.6. The van der Waals surface area contributed by atoms with Gasteiger partial charge in [0, 0.05) is 24.9 Å². The maximum Gasteiger partial charge on any atom is 0.315 e. The maximum absolute atomic E-state index is 5.57. The first-order chi connectivity index (χ1) is 9.33. The first-order valence-electron chi connectivity index (χ1n) is 6.65. The minimum Gasteiger partial charge on any atom is -0.407 e. The average molecular weight is 286 g/mol. The summed E-state index contributed by atoms with van der Waals surface area (Å²) >= 11 is 1.91. The van der Waals surface area contributed by atoms with Crippen LogP contribution in [0, 0.1) is 0 Å². The Morgan fingerprint density at radius 3 is 3.11 bits per heavy atom. The summed E-state index contributed by atoms with van der Waals surface area (Å²) in [6.45, 7) is 2.03. The molecule has 0 aromatic carbocycles. The zero-order chi connectivity index (χ0) is 13.5. The molecule has 0 saturated heterocycles. The van der Waals surface area contributed by atoms with Gasteiger partial charge in [0.05, 0.1) is 13.2 Å². The summed E-state index contributed by atoms with van der Waals surface area (Å²) in [4.78, 5) is 0. The van der Waals surface area contributed by atoms with Crippen LogP contribution in [0.25, 0.3) is 0 Å². The summed E-state index contributed by atoms with van der Waals surface area (Å²) in [5.74, 6) is 0.609. The number of methoxy groups -OCH3 is 1. The Morgan fingerprint density at radius 2 is 2.32 bits per heavy atom. The number of ether oxygens (including phenoxy) is 1. The van der Waals surface area contributed by atoms with E-state index in [1.165, 1.54) is 19.3 Å².